The van der Waals surface area contributed by atoms with Gasteiger partial charge >= 0.3 is 0 Å². The van der Waals surface area contributed by atoms with E-state index in [9.17, 15) is 14.0 Å². The average Bonchev–Trinajstić information content (AvgIpc) is 3.30. The fraction of sp³-hybridized carbons (Fsp3) is 0.522. The monoisotopic (exact) mass is 412 g/mol. The third-order valence-corrected chi connectivity index (χ3v) is 6.78. The van der Waals surface area contributed by atoms with Gasteiger partial charge in [0, 0.05) is 50.3 Å². The van der Waals surface area contributed by atoms with Crippen molar-refractivity contribution >= 4 is 11.8 Å². The third kappa shape index (κ3) is 3.85. The zero-order chi connectivity index (χ0) is 21.3. The van der Waals surface area contributed by atoms with Crippen LogP contribution >= 0.6 is 0 Å². The van der Waals surface area contributed by atoms with E-state index in [0.29, 0.717) is 51.0 Å². The number of nitrogens with zero attached hydrogens (tertiary/aromatic N) is 3. The molecule has 2 aliphatic rings. The number of rotatable bonds is 5. The Balaban J connectivity index is 1.39. The second-order valence-electron chi connectivity index (χ2n) is 8.69. The van der Waals surface area contributed by atoms with Gasteiger partial charge in [-0.05, 0) is 44.7 Å². The van der Waals surface area contributed by atoms with E-state index in [1.807, 2.05) is 18.7 Å². The van der Waals surface area contributed by atoms with Crippen LogP contribution in [0, 0.1) is 25.1 Å². The molecule has 6 nitrogen and oxygen atoms in total. The number of hydrogen-bond donors (Lipinski definition) is 1. The number of nitrogens with one attached hydrogen (secondary N) is 1. The molecule has 1 aromatic heterocycles. The zero-order valence-corrected chi connectivity index (χ0v) is 17.7. The SMILES string of the molecule is Cc1[nH]nc(CCC(=O)N2CC[C@@]3(CCCN(Cc4ccccc4F)C3=O)C2)c1C. The molecular weight excluding hydrogens is 383 g/mol. The van der Waals surface area contributed by atoms with Crippen LogP contribution in [0.2, 0.25) is 0 Å². The number of amides is 2. The summed E-state index contributed by atoms with van der Waals surface area (Å²) < 4.78 is 14.1. The number of aromatic nitrogens is 2. The fourth-order valence-electron chi connectivity index (χ4n) is 4.76. The second-order valence-corrected chi connectivity index (χ2v) is 8.69. The van der Waals surface area contributed by atoms with Crippen molar-refractivity contribution in [3.05, 3.63) is 52.6 Å². The van der Waals surface area contributed by atoms with Gasteiger partial charge in [-0.25, -0.2) is 4.39 Å². The molecule has 0 aliphatic carbocycles. The van der Waals surface area contributed by atoms with Crippen LogP contribution in [0.25, 0.3) is 0 Å². The van der Waals surface area contributed by atoms with Gasteiger partial charge in [-0.3, -0.25) is 14.7 Å². The lowest BCUT2D eigenvalue weighted by Gasteiger charge is -2.39. The van der Waals surface area contributed by atoms with Crippen LogP contribution in [0.1, 0.15) is 48.2 Å². The Bertz CT molecular complexity index is 956. The zero-order valence-electron chi connectivity index (χ0n) is 17.7. The molecule has 0 radical (unpaired) electrons. The molecule has 3 heterocycles. The number of hydrogen-bond acceptors (Lipinski definition) is 3. The van der Waals surface area contributed by atoms with Crippen LogP contribution in [0.15, 0.2) is 24.3 Å². The van der Waals surface area contributed by atoms with E-state index in [2.05, 4.69) is 10.2 Å². The highest BCUT2D eigenvalue weighted by molar-refractivity contribution is 5.86. The van der Waals surface area contributed by atoms with Crippen molar-refractivity contribution in [1.82, 2.24) is 20.0 Å². The number of halogens is 1. The van der Waals surface area contributed by atoms with E-state index in [1.165, 1.54) is 6.07 Å². The van der Waals surface area contributed by atoms with E-state index >= 15 is 0 Å². The molecule has 0 bridgehead atoms. The number of benzene rings is 1. The molecule has 0 unspecified atom stereocenters. The van der Waals surface area contributed by atoms with E-state index in [-0.39, 0.29) is 17.6 Å². The van der Waals surface area contributed by atoms with Gasteiger partial charge in [0.1, 0.15) is 5.82 Å². The summed E-state index contributed by atoms with van der Waals surface area (Å²) in [5, 5.41) is 7.24. The molecule has 30 heavy (non-hydrogen) atoms. The molecule has 1 spiro atoms. The Morgan fingerprint density at radius 1 is 1.23 bits per heavy atom. The summed E-state index contributed by atoms with van der Waals surface area (Å²) >= 11 is 0. The Kier molecular flexibility index (Phi) is 5.62. The Morgan fingerprint density at radius 3 is 2.77 bits per heavy atom. The Hall–Kier alpha value is -2.70. The normalized spacial score (nSPS) is 21.6. The quantitative estimate of drug-likeness (QED) is 0.820. The fourth-order valence-corrected chi connectivity index (χ4v) is 4.76. The molecule has 2 amide bonds. The van der Waals surface area contributed by atoms with Crippen molar-refractivity contribution in [2.45, 2.75) is 52.5 Å². The Labute approximate surface area is 176 Å². The molecule has 2 saturated heterocycles. The Morgan fingerprint density at radius 2 is 2.03 bits per heavy atom. The largest absolute Gasteiger partial charge is 0.342 e. The molecule has 1 atom stereocenters. The molecule has 160 valence electrons. The second kappa shape index (κ2) is 8.20. The van der Waals surface area contributed by atoms with Gasteiger partial charge in [-0.2, -0.15) is 5.10 Å². The molecule has 1 aromatic carbocycles. The number of H-pyrrole nitrogens is 1. The molecular formula is C23H29FN4O2. The first kappa shape index (κ1) is 20.6. The number of carbonyl (C=O) groups is 2. The van der Waals surface area contributed by atoms with Crippen molar-refractivity contribution in [3.63, 3.8) is 0 Å². The first-order valence-corrected chi connectivity index (χ1v) is 10.7. The van der Waals surface area contributed by atoms with Crippen molar-refractivity contribution in [3.8, 4) is 0 Å². The molecule has 1 N–H and O–H groups in total. The van der Waals surface area contributed by atoms with E-state index in [1.54, 1.807) is 23.1 Å². The van der Waals surface area contributed by atoms with Gasteiger partial charge in [-0.15, -0.1) is 0 Å². The maximum atomic E-state index is 14.1. The summed E-state index contributed by atoms with van der Waals surface area (Å²) in [6, 6.07) is 6.61. The highest BCUT2D eigenvalue weighted by atomic mass is 19.1. The highest BCUT2D eigenvalue weighted by Gasteiger charge is 2.49. The minimum absolute atomic E-state index is 0.0612. The van der Waals surface area contributed by atoms with Crippen molar-refractivity contribution < 1.29 is 14.0 Å². The first-order valence-electron chi connectivity index (χ1n) is 10.7. The molecule has 0 saturated carbocycles. The number of aryl methyl sites for hydroxylation is 2. The predicted molar refractivity (Wildman–Crippen MR) is 111 cm³/mol. The first-order chi connectivity index (χ1) is 14.4. The number of aromatic amines is 1. The van der Waals surface area contributed by atoms with Crippen LogP contribution in [0.4, 0.5) is 4.39 Å². The van der Waals surface area contributed by atoms with Crippen LogP contribution in [0.3, 0.4) is 0 Å². The van der Waals surface area contributed by atoms with Gasteiger partial charge in [0.2, 0.25) is 11.8 Å². The third-order valence-electron chi connectivity index (χ3n) is 6.78. The summed E-state index contributed by atoms with van der Waals surface area (Å²) in [6.45, 7) is 5.99. The molecule has 2 aromatic rings. The van der Waals surface area contributed by atoms with Gasteiger partial charge in [0.25, 0.3) is 0 Å². The topological polar surface area (TPSA) is 69.3 Å². The van der Waals surface area contributed by atoms with E-state index in [4.69, 9.17) is 0 Å². The smallest absolute Gasteiger partial charge is 0.230 e. The van der Waals surface area contributed by atoms with E-state index < -0.39 is 5.41 Å². The molecule has 2 aliphatic heterocycles. The maximum absolute atomic E-state index is 14.1. The highest BCUT2D eigenvalue weighted by Crippen LogP contribution is 2.40. The molecule has 2 fully saturated rings. The summed E-state index contributed by atoms with van der Waals surface area (Å²) in [7, 11) is 0. The summed E-state index contributed by atoms with van der Waals surface area (Å²) in [5.74, 6) is -0.144. The minimum Gasteiger partial charge on any atom is -0.342 e. The van der Waals surface area contributed by atoms with Gasteiger partial charge < -0.3 is 9.80 Å². The van der Waals surface area contributed by atoms with Crippen molar-refractivity contribution in [2.24, 2.45) is 5.41 Å². The number of carbonyl (C=O) groups excluding carboxylic acids is 2. The van der Waals surface area contributed by atoms with Crippen molar-refractivity contribution in [1.29, 1.82) is 0 Å². The van der Waals surface area contributed by atoms with Crippen LogP contribution in [0.5, 0.6) is 0 Å². The average molecular weight is 413 g/mol. The summed E-state index contributed by atoms with van der Waals surface area (Å²) in [5.41, 5.74) is 3.09. The van der Waals surface area contributed by atoms with Crippen LogP contribution < -0.4 is 0 Å². The van der Waals surface area contributed by atoms with Gasteiger partial charge in [0.05, 0.1) is 11.1 Å². The van der Waals surface area contributed by atoms with E-state index in [0.717, 1.165) is 29.8 Å². The van der Waals surface area contributed by atoms with Gasteiger partial charge in [0.15, 0.2) is 0 Å². The lowest BCUT2D eigenvalue weighted by atomic mass is 9.78. The maximum Gasteiger partial charge on any atom is 0.230 e. The molecule has 4 rings (SSSR count). The molecule has 7 heteroatoms. The standard InChI is InChI=1S/C23H29FN4O2/c1-16-17(2)25-26-20(16)8-9-21(29)28-13-11-23(15-28)10-5-12-27(22(23)30)14-18-6-3-4-7-19(18)24/h3-4,6-7H,5,8-15H2,1-2H3,(H,25,26)/t23-/m0/s1. The van der Waals surface area contributed by atoms with Crippen molar-refractivity contribution in [2.75, 3.05) is 19.6 Å². The van der Waals surface area contributed by atoms with Crippen LogP contribution in [-0.4, -0.2) is 51.4 Å². The van der Waals surface area contributed by atoms with Crippen LogP contribution in [-0.2, 0) is 22.6 Å². The predicted octanol–water partition coefficient (Wildman–Crippen LogP) is 3.14. The van der Waals surface area contributed by atoms with Gasteiger partial charge in [-0.1, -0.05) is 18.2 Å². The lowest BCUT2D eigenvalue weighted by molar-refractivity contribution is -0.146. The summed E-state index contributed by atoms with van der Waals surface area (Å²) in [4.78, 5) is 29.7. The minimum atomic E-state index is -0.516. The number of likely N-dealkylation sites (tertiary alicyclic amines) is 2. The lowest BCUT2D eigenvalue weighted by Crippen LogP contribution is -2.50. The summed E-state index contributed by atoms with van der Waals surface area (Å²) in [6.07, 6.45) is 3.36. The number of piperidine rings is 1.